The third kappa shape index (κ3) is 2.33. The number of fused-ring (bicyclic) bond motifs is 5. The minimum atomic E-state index is -0.807. The monoisotopic (exact) mass is 390 g/mol. The Bertz CT molecular complexity index is 718. The molecule has 0 spiro atoms. The van der Waals surface area contributed by atoms with Crippen LogP contribution in [0.5, 0.6) is 0 Å². The van der Waals surface area contributed by atoms with Gasteiger partial charge in [-0.05, 0) is 86.0 Å². The lowest BCUT2D eigenvalue weighted by Gasteiger charge is -2.65. The predicted octanol–water partition coefficient (Wildman–Crippen LogP) is 2.58. The van der Waals surface area contributed by atoms with Crippen LogP contribution in [0.2, 0.25) is 0 Å². The van der Waals surface area contributed by atoms with E-state index in [0.717, 1.165) is 50.5 Å². The average Bonchev–Trinajstić information content (AvgIpc) is 3.16. The van der Waals surface area contributed by atoms with Crippen LogP contribution >= 0.6 is 0 Å². The smallest absolute Gasteiger partial charge is 0.331 e. The molecule has 4 aliphatic carbocycles. The van der Waals surface area contributed by atoms with Gasteiger partial charge in [0.1, 0.15) is 6.61 Å². The minimum absolute atomic E-state index is 0.0115. The SMILES string of the molecule is C[C@@]12CC[C@@H](O)C[C@@H]1CC[C@H]1[C@H]2[C@@H](O)C[C@@]2(C)[C@H](C3=CC(=O)OC3)CC[C@]12O. The number of hydrogen-bond donors (Lipinski definition) is 3. The third-order valence-corrected chi connectivity index (χ3v) is 9.89. The van der Waals surface area contributed by atoms with E-state index in [1.54, 1.807) is 6.08 Å². The third-order valence-electron chi connectivity index (χ3n) is 9.89. The van der Waals surface area contributed by atoms with Gasteiger partial charge in [0.25, 0.3) is 0 Å². The first-order valence-electron chi connectivity index (χ1n) is 11.1. The maximum absolute atomic E-state index is 12.1. The molecular formula is C23H34O5. The van der Waals surface area contributed by atoms with Crippen LogP contribution in [0.25, 0.3) is 0 Å². The molecule has 0 radical (unpaired) electrons. The van der Waals surface area contributed by atoms with Gasteiger partial charge in [0.2, 0.25) is 0 Å². The van der Waals surface area contributed by atoms with E-state index in [1.807, 2.05) is 0 Å². The van der Waals surface area contributed by atoms with Crippen molar-refractivity contribution in [1.29, 1.82) is 0 Å². The first kappa shape index (κ1) is 19.1. The summed E-state index contributed by atoms with van der Waals surface area (Å²) in [6, 6.07) is 0. The summed E-state index contributed by atoms with van der Waals surface area (Å²) < 4.78 is 5.17. The Morgan fingerprint density at radius 3 is 2.61 bits per heavy atom. The van der Waals surface area contributed by atoms with Crippen molar-refractivity contribution >= 4 is 5.97 Å². The Morgan fingerprint density at radius 2 is 1.89 bits per heavy atom. The molecule has 5 rings (SSSR count). The summed E-state index contributed by atoms with van der Waals surface area (Å²) in [6.07, 6.45) is 7.61. The Labute approximate surface area is 167 Å². The topological polar surface area (TPSA) is 87.0 Å². The molecule has 28 heavy (non-hydrogen) atoms. The molecule has 0 aromatic rings. The Hall–Kier alpha value is -0.910. The van der Waals surface area contributed by atoms with Crippen molar-refractivity contribution < 1.29 is 24.9 Å². The number of aliphatic hydroxyl groups excluding tert-OH is 2. The Kier molecular flexibility index (Phi) is 4.12. The lowest BCUT2D eigenvalue weighted by Crippen LogP contribution is -2.66. The highest BCUT2D eigenvalue weighted by molar-refractivity contribution is 5.85. The molecule has 0 unspecified atom stereocenters. The van der Waals surface area contributed by atoms with Gasteiger partial charge >= 0.3 is 5.97 Å². The fourth-order valence-electron chi connectivity index (χ4n) is 8.49. The minimum Gasteiger partial charge on any atom is -0.458 e. The van der Waals surface area contributed by atoms with Crippen molar-refractivity contribution in [1.82, 2.24) is 0 Å². The van der Waals surface area contributed by atoms with E-state index >= 15 is 0 Å². The van der Waals surface area contributed by atoms with E-state index in [9.17, 15) is 20.1 Å². The van der Waals surface area contributed by atoms with Gasteiger partial charge in [-0.15, -0.1) is 0 Å². The lowest BCUT2D eigenvalue weighted by atomic mass is 9.42. The number of carbonyl (C=O) groups excluding carboxylic acids is 1. The van der Waals surface area contributed by atoms with Crippen LogP contribution in [0.3, 0.4) is 0 Å². The molecular weight excluding hydrogens is 356 g/mol. The van der Waals surface area contributed by atoms with Crippen LogP contribution in [-0.2, 0) is 9.53 Å². The molecule has 9 atom stereocenters. The first-order valence-corrected chi connectivity index (χ1v) is 11.1. The van der Waals surface area contributed by atoms with Gasteiger partial charge in [0.15, 0.2) is 0 Å². The van der Waals surface area contributed by atoms with Crippen LogP contribution in [0.15, 0.2) is 11.6 Å². The molecule has 4 fully saturated rings. The van der Waals surface area contributed by atoms with Crippen LogP contribution < -0.4 is 0 Å². The van der Waals surface area contributed by atoms with E-state index in [-0.39, 0.29) is 35.2 Å². The predicted molar refractivity (Wildman–Crippen MR) is 103 cm³/mol. The average molecular weight is 391 g/mol. The highest BCUT2D eigenvalue weighted by Crippen LogP contribution is 2.69. The van der Waals surface area contributed by atoms with Crippen molar-refractivity contribution in [3.05, 3.63) is 11.6 Å². The van der Waals surface area contributed by atoms with Gasteiger partial charge in [0, 0.05) is 11.5 Å². The van der Waals surface area contributed by atoms with Gasteiger partial charge in [-0.1, -0.05) is 13.8 Å². The number of rotatable bonds is 1. The van der Waals surface area contributed by atoms with Gasteiger partial charge in [0.05, 0.1) is 17.8 Å². The second kappa shape index (κ2) is 6.05. The largest absolute Gasteiger partial charge is 0.458 e. The zero-order valence-electron chi connectivity index (χ0n) is 17.1. The molecule has 3 N–H and O–H groups in total. The first-order chi connectivity index (χ1) is 13.2. The van der Waals surface area contributed by atoms with Gasteiger partial charge in [-0.2, -0.15) is 0 Å². The van der Waals surface area contributed by atoms with Crippen LogP contribution in [0.4, 0.5) is 0 Å². The lowest BCUT2D eigenvalue weighted by molar-refractivity contribution is -0.242. The standard InChI is InChI=1S/C23H34O5/c1-21-7-5-15(24)10-14(21)3-4-17-20(21)18(25)11-22(2)16(6-8-23(17,22)27)13-9-19(26)28-12-13/h9,14-18,20,24-25,27H,3-8,10-12H2,1-2H3/t14-,15+,16-,17-,18-,20-,21+,22-,23-/m0/s1. The molecule has 1 heterocycles. The molecule has 0 bridgehead atoms. The molecule has 5 nitrogen and oxygen atoms in total. The number of carbonyl (C=O) groups is 1. The van der Waals surface area contributed by atoms with E-state index in [2.05, 4.69) is 13.8 Å². The molecule has 0 saturated heterocycles. The van der Waals surface area contributed by atoms with Crippen LogP contribution in [0, 0.1) is 34.5 Å². The van der Waals surface area contributed by atoms with Crippen LogP contribution in [0.1, 0.15) is 65.2 Å². The van der Waals surface area contributed by atoms with Crippen molar-refractivity contribution in [2.24, 2.45) is 34.5 Å². The van der Waals surface area contributed by atoms with Crippen molar-refractivity contribution in [3.8, 4) is 0 Å². The molecule has 5 aliphatic rings. The van der Waals surface area contributed by atoms with Gasteiger partial charge in [-0.25, -0.2) is 4.79 Å². The van der Waals surface area contributed by atoms with Crippen molar-refractivity contribution in [2.45, 2.75) is 83.0 Å². The zero-order chi connectivity index (χ0) is 19.9. The number of esters is 1. The maximum Gasteiger partial charge on any atom is 0.331 e. The van der Waals surface area contributed by atoms with Gasteiger partial charge < -0.3 is 20.1 Å². The molecule has 0 aromatic heterocycles. The van der Waals surface area contributed by atoms with E-state index in [4.69, 9.17) is 4.74 Å². The normalized spacial score (nSPS) is 55.8. The molecule has 156 valence electrons. The molecule has 4 saturated carbocycles. The summed E-state index contributed by atoms with van der Waals surface area (Å²) in [6.45, 7) is 4.76. The molecule has 0 aromatic carbocycles. The summed E-state index contributed by atoms with van der Waals surface area (Å²) in [4.78, 5) is 11.6. The quantitative estimate of drug-likeness (QED) is 0.599. The fraction of sp³-hybridized carbons (Fsp3) is 0.870. The summed E-state index contributed by atoms with van der Waals surface area (Å²) in [7, 11) is 0. The van der Waals surface area contributed by atoms with E-state index in [0.29, 0.717) is 18.9 Å². The van der Waals surface area contributed by atoms with E-state index < -0.39 is 17.1 Å². The van der Waals surface area contributed by atoms with Crippen molar-refractivity contribution in [2.75, 3.05) is 6.61 Å². The molecule has 1 aliphatic heterocycles. The highest BCUT2D eigenvalue weighted by Gasteiger charge is 2.69. The zero-order valence-corrected chi connectivity index (χ0v) is 17.1. The molecule has 5 heteroatoms. The Balaban J connectivity index is 1.51. The summed E-state index contributed by atoms with van der Waals surface area (Å²) in [5, 5.41) is 33.7. The summed E-state index contributed by atoms with van der Waals surface area (Å²) in [5.74, 6) is 0.420. The van der Waals surface area contributed by atoms with Gasteiger partial charge in [-0.3, -0.25) is 0 Å². The van der Waals surface area contributed by atoms with E-state index in [1.165, 1.54) is 0 Å². The number of ether oxygens (including phenoxy) is 1. The maximum atomic E-state index is 12.1. The number of cyclic esters (lactones) is 1. The summed E-state index contributed by atoms with van der Waals surface area (Å²) in [5.41, 5.74) is -0.250. The Morgan fingerprint density at radius 1 is 1.11 bits per heavy atom. The summed E-state index contributed by atoms with van der Waals surface area (Å²) >= 11 is 0. The van der Waals surface area contributed by atoms with Crippen LogP contribution in [-0.4, -0.2) is 45.7 Å². The second-order valence-corrected chi connectivity index (χ2v) is 10.9. The van der Waals surface area contributed by atoms with Crippen molar-refractivity contribution in [3.63, 3.8) is 0 Å². The highest BCUT2D eigenvalue weighted by atomic mass is 16.5. The molecule has 0 amide bonds. The number of hydrogen-bond acceptors (Lipinski definition) is 5. The second-order valence-electron chi connectivity index (χ2n) is 10.9. The number of aliphatic hydroxyl groups is 3. The fourth-order valence-corrected chi connectivity index (χ4v) is 8.49.